The number of nitrogens with zero attached hydrogens (tertiary/aromatic N) is 2. The predicted molar refractivity (Wildman–Crippen MR) is 126 cm³/mol. The molecule has 0 heterocycles. The molecule has 2 N–H and O–H groups in total. The first-order valence-corrected chi connectivity index (χ1v) is 10.4. The fourth-order valence-corrected chi connectivity index (χ4v) is 3.40. The summed E-state index contributed by atoms with van der Waals surface area (Å²) >= 11 is 0. The fraction of sp³-hybridized carbons (Fsp3) is 0.350. The van der Waals surface area contributed by atoms with Gasteiger partial charge >= 0.3 is 0 Å². The molecule has 2 aromatic carbocycles. The molecule has 0 amide bonds. The average Bonchev–Trinajstić information content (AvgIpc) is 2.64. The topological polar surface area (TPSA) is 73.8 Å². The molecule has 0 fully saturated rings. The minimum Gasteiger partial charge on any atom is -0.357 e. The Morgan fingerprint density at radius 1 is 1.04 bits per heavy atom. The lowest BCUT2D eigenvalue weighted by Crippen LogP contribution is -2.36. The van der Waals surface area contributed by atoms with Gasteiger partial charge in [0.25, 0.3) is 0 Å². The van der Waals surface area contributed by atoms with Crippen LogP contribution in [0, 0.1) is 6.92 Å². The number of benzene rings is 2. The quantitative estimate of drug-likeness (QED) is 0.337. The van der Waals surface area contributed by atoms with Gasteiger partial charge in [0.2, 0.25) is 10.0 Å². The van der Waals surface area contributed by atoms with Gasteiger partial charge < -0.3 is 10.6 Å². The molecule has 0 saturated heterocycles. The zero-order valence-corrected chi connectivity index (χ0v) is 19.9. The molecule has 0 aliphatic rings. The molecular weight excluding hydrogens is 487 g/mol. The normalized spacial score (nSPS) is 11.8. The monoisotopic (exact) mass is 516 g/mol. The molecule has 0 unspecified atom stereocenters. The molecule has 0 bridgehead atoms. The number of nitrogens with one attached hydrogen (secondary N) is 2. The SMILES string of the molecule is CCNC(=NCc1cccc(C)c1)NCc1ccc(S(=O)(=O)N(C)C)cc1.I. The maximum Gasteiger partial charge on any atom is 0.242 e. The maximum absolute atomic E-state index is 12.1. The lowest BCUT2D eigenvalue weighted by molar-refractivity contribution is 0.520. The first-order valence-electron chi connectivity index (χ1n) is 8.92. The highest BCUT2D eigenvalue weighted by atomic mass is 127. The van der Waals surface area contributed by atoms with Crippen LogP contribution in [0.25, 0.3) is 0 Å². The minimum absolute atomic E-state index is 0. The first-order chi connectivity index (χ1) is 12.8. The van der Waals surface area contributed by atoms with Crippen LogP contribution in [0.15, 0.2) is 58.4 Å². The summed E-state index contributed by atoms with van der Waals surface area (Å²) < 4.78 is 25.4. The van der Waals surface area contributed by atoms with E-state index in [0.29, 0.717) is 13.1 Å². The highest BCUT2D eigenvalue weighted by Gasteiger charge is 2.16. The Kier molecular flexibility index (Phi) is 9.91. The fourth-order valence-electron chi connectivity index (χ4n) is 2.50. The Bertz CT molecular complexity index is 881. The zero-order valence-electron chi connectivity index (χ0n) is 16.8. The van der Waals surface area contributed by atoms with Gasteiger partial charge in [-0.1, -0.05) is 42.0 Å². The van der Waals surface area contributed by atoms with Crippen molar-refractivity contribution >= 4 is 40.0 Å². The molecule has 2 rings (SSSR count). The van der Waals surface area contributed by atoms with E-state index < -0.39 is 10.0 Å². The molecule has 2 aromatic rings. The van der Waals surface area contributed by atoms with Crippen LogP contribution in [0.5, 0.6) is 0 Å². The van der Waals surface area contributed by atoms with Crippen LogP contribution in [0.3, 0.4) is 0 Å². The van der Waals surface area contributed by atoms with E-state index >= 15 is 0 Å². The summed E-state index contributed by atoms with van der Waals surface area (Å²) in [4.78, 5) is 4.90. The van der Waals surface area contributed by atoms with Crippen LogP contribution in [0.1, 0.15) is 23.6 Å². The Morgan fingerprint density at radius 2 is 1.71 bits per heavy atom. The van der Waals surface area contributed by atoms with Gasteiger partial charge in [-0.25, -0.2) is 17.7 Å². The molecule has 0 radical (unpaired) electrons. The van der Waals surface area contributed by atoms with Crippen molar-refractivity contribution in [1.82, 2.24) is 14.9 Å². The number of aryl methyl sites for hydroxylation is 1. The lowest BCUT2D eigenvalue weighted by Gasteiger charge is -2.13. The Labute approximate surface area is 185 Å². The van der Waals surface area contributed by atoms with Gasteiger partial charge in [0.05, 0.1) is 11.4 Å². The summed E-state index contributed by atoms with van der Waals surface area (Å²) in [5.74, 6) is 0.726. The Hall–Kier alpha value is -1.65. The zero-order chi connectivity index (χ0) is 19.9. The summed E-state index contributed by atoms with van der Waals surface area (Å²) in [6, 6.07) is 15.2. The van der Waals surface area contributed by atoms with Gasteiger partial charge in [0, 0.05) is 27.2 Å². The summed E-state index contributed by atoms with van der Waals surface area (Å²) in [5, 5.41) is 6.51. The molecule has 0 aliphatic carbocycles. The van der Waals surface area contributed by atoms with Crippen molar-refractivity contribution in [3.05, 3.63) is 65.2 Å². The van der Waals surface area contributed by atoms with Gasteiger partial charge in [0.1, 0.15) is 0 Å². The summed E-state index contributed by atoms with van der Waals surface area (Å²) in [6.45, 7) is 6.00. The van der Waals surface area contributed by atoms with Crippen molar-refractivity contribution in [2.45, 2.75) is 31.8 Å². The van der Waals surface area contributed by atoms with E-state index in [1.165, 1.54) is 24.0 Å². The predicted octanol–water partition coefficient (Wildman–Crippen LogP) is 3.12. The largest absolute Gasteiger partial charge is 0.357 e. The molecule has 0 aliphatic heterocycles. The lowest BCUT2D eigenvalue weighted by atomic mass is 10.1. The van der Waals surface area contributed by atoms with Crippen LogP contribution in [-0.2, 0) is 23.1 Å². The molecule has 0 spiro atoms. The number of sulfonamides is 1. The molecule has 8 heteroatoms. The highest BCUT2D eigenvalue weighted by molar-refractivity contribution is 14.0. The molecular formula is C20H29IN4O2S. The molecule has 6 nitrogen and oxygen atoms in total. The van der Waals surface area contributed by atoms with Crippen LogP contribution < -0.4 is 10.6 Å². The molecule has 28 heavy (non-hydrogen) atoms. The molecule has 0 atom stereocenters. The first kappa shape index (κ1) is 24.4. The molecule has 0 saturated carbocycles. The summed E-state index contributed by atoms with van der Waals surface area (Å²) in [5.41, 5.74) is 3.35. The number of aliphatic imine (C=N–C) groups is 1. The van der Waals surface area contributed by atoms with Gasteiger partial charge in [0.15, 0.2) is 5.96 Å². The third-order valence-corrected chi connectivity index (χ3v) is 5.84. The average molecular weight is 516 g/mol. The van der Waals surface area contributed by atoms with E-state index in [9.17, 15) is 8.42 Å². The third-order valence-electron chi connectivity index (χ3n) is 4.01. The van der Waals surface area contributed by atoms with Gasteiger partial charge in [-0.3, -0.25) is 0 Å². The van der Waals surface area contributed by atoms with Crippen LogP contribution in [0.2, 0.25) is 0 Å². The second-order valence-corrected chi connectivity index (χ2v) is 8.62. The number of rotatable bonds is 7. The van der Waals surface area contributed by atoms with E-state index in [2.05, 4.69) is 40.7 Å². The van der Waals surface area contributed by atoms with E-state index in [4.69, 9.17) is 0 Å². The van der Waals surface area contributed by atoms with Crippen molar-refractivity contribution in [1.29, 1.82) is 0 Å². The highest BCUT2D eigenvalue weighted by Crippen LogP contribution is 2.14. The van der Waals surface area contributed by atoms with Gasteiger partial charge in [-0.2, -0.15) is 0 Å². The van der Waals surface area contributed by atoms with E-state index in [1.807, 2.05) is 25.1 Å². The second-order valence-electron chi connectivity index (χ2n) is 6.47. The third kappa shape index (κ3) is 7.06. The smallest absolute Gasteiger partial charge is 0.242 e. The van der Waals surface area contributed by atoms with Crippen molar-refractivity contribution < 1.29 is 8.42 Å². The van der Waals surface area contributed by atoms with Gasteiger partial charge in [-0.15, -0.1) is 24.0 Å². The standard InChI is InChI=1S/C20H28N4O2S.HI/c1-5-21-20(23-15-18-8-6-7-16(2)13-18)22-14-17-9-11-19(12-10-17)27(25,26)24(3)4;/h6-13H,5,14-15H2,1-4H3,(H2,21,22,23);1H. The second kappa shape index (κ2) is 11.4. The Balaban J connectivity index is 0.00000392. The van der Waals surface area contributed by atoms with E-state index in [-0.39, 0.29) is 28.9 Å². The van der Waals surface area contributed by atoms with E-state index in [1.54, 1.807) is 12.1 Å². The van der Waals surface area contributed by atoms with Crippen molar-refractivity contribution in [3.63, 3.8) is 0 Å². The number of hydrogen-bond donors (Lipinski definition) is 2. The Morgan fingerprint density at radius 3 is 2.29 bits per heavy atom. The molecule has 154 valence electrons. The molecule has 0 aromatic heterocycles. The summed E-state index contributed by atoms with van der Waals surface area (Å²) in [7, 11) is -0.348. The minimum atomic E-state index is -3.40. The van der Waals surface area contributed by atoms with Gasteiger partial charge in [-0.05, 0) is 37.1 Å². The number of hydrogen-bond acceptors (Lipinski definition) is 3. The number of halogens is 1. The van der Waals surface area contributed by atoms with Crippen LogP contribution in [-0.4, -0.2) is 39.3 Å². The van der Waals surface area contributed by atoms with Crippen LogP contribution in [0.4, 0.5) is 0 Å². The maximum atomic E-state index is 12.1. The summed E-state index contributed by atoms with van der Waals surface area (Å²) in [6.07, 6.45) is 0. The van der Waals surface area contributed by atoms with Crippen molar-refractivity contribution in [3.8, 4) is 0 Å². The van der Waals surface area contributed by atoms with Crippen molar-refractivity contribution in [2.75, 3.05) is 20.6 Å². The van der Waals surface area contributed by atoms with E-state index in [0.717, 1.165) is 23.6 Å². The number of guanidine groups is 1. The van der Waals surface area contributed by atoms with Crippen LogP contribution >= 0.6 is 24.0 Å². The van der Waals surface area contributed by atoms with Crippen molar-refractivity contribution in [2.24, 2.45) is 4.99 Å².